The first-order valence-electron chi connectivity index (χ1n) is 10.2. The number of furan rings is 1. The Kier molecular flexibility index (Phi) is 6.37. The topological polar surface area (TPSA) is 90.2 Å². The number of fused-ring (bicyclic) bond motifs is 1. The van der Waals surface area contributed by atoms with Crippen molar-refractivity contribution in [2.45, 2.75) is 6.92 Å². The largest absolute Gasteiger partial charge is 0.490 e. The lowest BCUT2D eigenvalue weighted by atomic mass is 10.2. The Morgan fingerprint density at radius 2 is 1.68 bits per heavy atom. The Bertz CT molecular complexity index is 1070. The van der Waals surface area contributed by atoms with Crippen LogP contribution in [0.5, 0.6) is 11.5 Å². The number of amides is 2. The second-order valence-electron chi connectivity index (χ2n) is 6.92. The first-order valence-corrected chi connectivity index (χ1v) is 10.2. The second-order valence-corrected chi connectivity index (χ2v) is 6.92. The van der Waals surface area contributed by atoms with Crippen molar-refractivity contribution in [3.63, 3.8) is 0 Å². The van der Waals surface area contributed by atoms with E-state index in [1.54, 1.807) is 35.2 Å². The molecule has 8 nitrogen and oxygen atoms in total. The third kappa shape index (κ3) is 4.64. The lowest BCUT2D eigenvalue weighted by molar-refractivity contribution is -0.118. The summed E-state index contributed by atoms with van der Waals surface area (Å²) >= 11 is 0. The summed E-state index contributed by atoms with van der Waals surface area (Å²) in [6, 6.07) is 14.3. The van der Waals surface area contributed by atoms with Gasteiger partial charge in [0, 0.05) is 18.5 Å². The summed E-state index contributed by atoms with van der Waals surface area (Å²) in [7, 11) is 0. The van der Waals surface area contributed by atoms with Gasteiger partial charge in [-0.15, -0.1) is 0 Å². The van der Waals surface area contributed by atoms with Gasteiger partial charge in [-0.25, -0.2) is 0 Å². The fourth-order valence-corrected chi connectivity index (χ4v) is 3.39. The van der Waals surface area contributed by atoms with E-state index in [2.05, 4.69) is 5.32 Å². The Balaban J connectivity index is 1.53. The number of ether oxygens (including phenoxy) is 3. The van der Waals surface area contributed by atoms with Gasteiger partial charge in [0.2, 0.25) is 5.76 Å². The number of nitrogens with one attached hydrogen (secondary N) is 1. The molecular weight excluding hydrogens is 400 g/mol. The van der Waals surface area contributed by atoms with Crippen molar-refractivity contribution in [1.29, 1.82) is 0 Å². The van der Waals surface area contributed by atoms with E-state index in [1.165, 1.54) is 0 Å². The average Bonchev–Trinajstić information content (AvgIpc) is 3.17. The third-order valence-corrected chi connectivity index (χ3v) is 4.86. The van der Waals surface area contributed by atoms with Crippen LogP contribution >= 0.6 is 0 Å². The molecule has 31 heavy (non-hydrogen) atoms. The molecule has 4 rings (SSSR count). The number of para-hydroxylation sites is 3. The van der Waals surface area contributed by atoms with Crippen LogP contribution in [0, 0.1) is 0 Å². The lowest BCUT2D eigenvalue weighted by Gasteiger charge is -2.26. The molecule has 2 aromatic carbocycles. The van der Waals surface area contributed by atoms with Gasteiger partial charge in [-0.3, -0.25) is 9.59 Å². The lowest BCUT2D eigenvalue weighted by Crippen LogP contribution is -2.40. The van der Waals surface area contributed by atoms with E-state index >= 15 is 0 Å². The van der Waals surface area contributed by atoms with Gasteiger partial charge < -0.3 is 28.8 Å². The van der Waals surface area contributed by atoms with Gasteiger partial charge in [0.05, 0.1) is 19.8 Å². The maximum Gasteiger partial charge on any atom is 0.291 e. The monoisotopic (exact) mass is 424 g/mol. The van der Waals surface area contributed by atoms with Gasteiger partial charge in [-0.2, -0.15) is 0 Å². The van der Waals surface area contributed by atoms with Crippen LogP contribution in [0.1, 0.15) is 17.5 Å². The maximum atomic E-state index is 13.0. The average molecular weight is 424 g/mol. The molecular formula is C23H24N2O6. The highest BCUT2D eigenvalue weighted by molar-refractivity contribution is 6.11. The number of carbonyl (C=O) groups is 2. The van der Waals surface area contributed by atoms with E-state index in [4.69, 9.17) is 18.6 Å². The maximum absolute atomic E-state index is 13.0. The number of nitrogens with zero attached hydrogens (tertiary/aromatic N) is 1. The Morgan fingerprint density at radius 3 is 2.42 bits per heavy atom. The molecule has 1 fully saturated rings. The minimum Gasteiger partial charge on any atom is -0.490 e. The standard InChI is InChI=1S/C23H24N2O6/c1-2-29-18-9-5-6-10-19(18)30-15-20(26)24-21-16-7-3-4-8-17(16)31-22(21)23(27)25-11-13-28-14-12-25/h3-10H,2,11-15H2,1H3,(H,24,26). The number of benzene rings is 2. The molecule has 0 bridgehead atoms. The highest BCUT2D eigenvalue weighted by atomic mass is 16.5. The number of morpholine rings is 1. The fraction of sp³-hybridized carbons (Fsp3) is 0.304. The molecule has 0 saturated carbocycles. The van der Waals surface area contributed by atoms with E-state index in [1.807, 2.05) is 25.1 Å². The Morgan fingerprint density at radius 1 is 1.00 bits per heavy atom. The van der Waals surface area contributed by atoms with Gasteiger partial charge in [-0.1, -0.05) is 24.3 Å². The minimum absolute atomic E-state index is 0.103. The predicted molar refractivity (Wildman–Crippen MR) is 115 cm³/mol. The molecule has 0 atom stereocenters. The van der Waals surface area contributed by atoms with Crippen molar-refractivity contribution in [1.82, 2.24) is 4.90 Å². The van der Waals surface area contributed by atoms with E-state index in [0.717, 1.165) is 0 Å². The first-order chi connectivity index (χ1) is 15.2. The summed E-state index contributed by atoms with van der Waals surface area (Å²) in [5, 5.41) is 3.45. The van der Waals surface area contributed by atoms with Crippen molar-refractivity contribution >= 4 is 28.5 Å². The normalized spacial score (nSPS) is 13.8. The van der Waals surface area contributed by atoms with Crippen molar-refractivity contribution < 1.29 is 28.2 Å². The van der Waals surface area contributed by atoms with E-state index < -0.39 is 5.91 Å². The molecule has 3 aromatic rings. The summed E-state index contributed by atoms with van der Waals surface area (Å²) in [5.74, 6) is 0.452. The zero-order chi connectivity index (χ0) is 21.6. The zero-order valence-corrected chi connectivity index (χ0v) is 17.3. The highest BCUT2D eigenvalue weighted by Crippen LogP contribution is 2.32. The van der Waals surface area contributed by atoms with Crippen molar-refractivity contribution in [2.75, 3.05) is 44.8 Å². The van der Waals surface area contributed by atoms with Crippen LogP contribution in [0.4, 0.5) is 5.69 Å². The smallest absolute Gasteiger partial charge is 0.291 e. The van der Waals surface area contributed by atoms with Crippen LogP contribution < -0.4 is 14.8 Å². The molecule has 1 aromatic heterocycles. The van der Waals surface area contributed by atoms with Crippen LogP contribution in [0.3, 0.4) is 0 Å². The van der Waals surface area contributed by atoms with Gasteiger partial charge >= 0.3 is 0 Å². The van der Waals surface area contributed by atoms with E-state index in [0.29, 0.717) is 61.1 Å². The molecule has 1 saturated heterocycles. The molecule has 0 radical (unpaired) electrons. The summed E-state index contributed by atoms with van der Waals surface area (Å²) in [6.07, 6.45) is 0. The minimum atomic E-state index is -0.408. The first kappa shape index (κ1) is 20.7. The zero-order valence-electron chi connectivity index (χ0n) is 17.3. The van der Waals surface area contributed by atoms with Gasteiger partial charge in [-0.05, 0) is 31.2 Å². The summed E-state index contributed by atoms with van der Waals surface area (Å²) in [4.78, 5) is 27.4. The number of anilines is 1. The SMILES string of the molecule is CCOc1ccccc1OCC(=O)Nc1c(C(=O)N2CCOCC2)oc2ccccc12. The fourth-order valence-electron chi connectivity index (χ4n) is 3.39. The van der Waals surface area contributed by atoms with Gasteiger partial charge in [0.25, 0.3) is 11.8 Å². The molecule has 0 unspecified atom stereocenters. The van der Waals surface area contributed by atoms with Crippen molar-refractivity contribution in [3.8, 4) is 11.5 Å². The molecule has 0 spiro atoms. The highest BCUT2D eigenvalue weighted by Gasteiger charge is 2.27. The van der Waals surface area contributed by atoms with Crippen molar-refractivity contribution in [3.05, 3.63) is 54.3 Å². The quantitative estimate of drug-likeness (QED) is 0.626. The van der Waals surface area contributed by atoms with E-state index in [-0.39, 0.29) is 18.3 Å². The summed E-state index contributed by atoms with van der Waals surface area (Å²) in [6.45, 7) is 4.01. The van der Waals surface area contributed by atoms with E-state index in [9.17, 15) is 9.59 Å². The molecule has 2 heterocycles. The molecule has 2 amide bonds. The van der Waals surface area contributed by atoms with Crippen LogP contribution in [-0.4, -0.2) is 56.2 Å². The Labute approximate surface area is 179 Å². The summed E-state index contributed by atoms with van der Waals surface area (Å²) < 4.78 is 22.3. The van der Waals surface area contributed by atoms with Crippen LogP contribution in [-0.2, 0) is 9.53 Å². The van der Waals surface area contributed by atoms with Crippen LogP contribution in [0.15, 0.2) is 52.9 Å². The number of rotatable bonds is 7. The number of hydrogen-bond donors (Lipinski definition) is 1. The third-order valence-electron chi connectivity index (χ3n) is 4.86. The second kappa shape index (κ2) is 9.53. The molecule has 1 aliphatic heterocycles. The predicted octanol–water partition coefficient (Wildman–Crippen LogP) is 3.32. The Hall–Kier alpha value is -3.52. The molecule has 0 aliphatic carbocycles. The van der Waals surface area contributed by atoms with Crippen LogP contribution in [0.25, 0.3) is 11.0 Å². The number of hydrogen-bond acceptors (Lipinski definition) is 6. The molecule has 1 N–H and O–H groups in total. The van der Waals surface area contributed by atoms with Crippen molar-refractivity contribution in [2.24, 2.45) is 0 Å². The number of carbonyl (C=O) groups excluding carboxylic acids is 2. The van der Waals surface area contributed by atoms with Gasteiger partial charge in [0.1, 0.15) is 11.3 Å². The molecule has 1 aliphatic rings. The van der Waals surface area contributed by atoms with Crippen LogP contribution in [0.2, 0.25) is 0 Å². The molecule has 8 heteroatoms. The van der Waals surface area contributed by atoms with Gasteiger partial charge in [0.15, 0.2) is 18.1 Å². The molecule has 162 valence electrons. The summed E-state index contributed by atoms with van der Waals surface area (Å²) in [5.41, 5.74) is 0.871.